The van der Waals surface area contributed by atoms with Crippen LogP contribution in [-0.4, -0.2) is 25.0 Å². The second-order valence-corrected chi connectivity index (χ2v) is 9.66. The van der Waals surface area contributed by atoms with Gasteiger partial charge in [0.2, 0.25) is 0 Å². The molecule has 3 aliphatic heterocycles. The number of benzene rings is 1. The first-order valence-electron chi connectivity index (χ1n) is 10.9. The van der Waals surface area contributed by atoms with Crippen LogP contribution in [0.5, 0.6) is 0 Å². The van der Waals surface area contributed by atoms with Gasteiger partial charge in [0.05, 0.1) is 11.6 Å². The van der Waals surface area contributed by atoms with Crippen LogP contribution >= 0.6 is 0 Å². The summed E-state index contributed by atoms with van der Waals surface area (Å²) in [6, 6.07) is 8.87. The molecule has 1 aromatic rings. The van der Waals surface area contributed by atoms with E-state index < -0.39 is 5.41 Å². The van der Waals surface area contributed by atoms with Gasteiger partial charge < -0.3 is 10.2 Å². The van der Waals surface area contributed by atoms with Crippen molar-refractivity contribution in [2.45, 2.75) is 64.5 Å². The number of anilines is 1. The summed E-state index contributed by atoms with van der Waals surface area (Å²) in [7, 11) is 0. The summed E-state index contributed by atoms with van der Waals surface area (Å²) in [5, 5.41) is 12.3. The van der Waals surface area contributed by atoms with Crippen molar-refractivity contribution in [2.75, 3.05) is 18.0 Å². The van der Waals surface area contributed by atoms with Gasteiger partial charge >= 0.3 is 0 Å². The highest BCUT2D eigenvalue weighted by molar-refractivity contribution is 6.01. The Morgan fingerprint density at radius 3 is 2.76 bits per heavy atom. The smallest absolute Gasteiger partial charge is 0.164 e. The normalized spacial score (nSPS) is 30.2. The third-order valence-corrected chi connectivity index (χ3v) is 7.12. The van der Waals surface area contributed by atoms with Crippen LogP contribution in [-0.2, 0) is 10.2 Å². The number of ketones is 1. The summed E-state index contributed by atoms with van der Waals surface area (Å²) >= 11 is 0. The average molecular weight is 391 g/mol. The maximum Gasteiger partial charge on any atom is 0.164 e. The Hall–Kier alpha value is -2.43. The zero-order chi connectivity index (χ0) is 20.2. The number of rotatable bonds is 3. The SMILES string of the molecule is CCC1(c2cccc(N3CCCC3)c2)C2=CN=NC2NC2=C1C(=O)CC(C)(C)C2. The molecule has 2 unspecified atom stereocenters. The van der Waals surface area contributed by atoms with E-state index in [2.05, 4.69) is 65.5 Å². The average Bonchev–Trinajstić information content (AvgIpc) is 3.37. The van der Waals surface area contributed by atoms with Gasteiger partial charge in [-0.25, -0.2) is 0 Å². The molecule has 1 N–H and O–H groups in total. The number of nitrogens with one attached hydrogen (secondary N) is 1. The molecule has 5 nitrogen and oxygen atoms in total. The summed E-state index contributed by atoms with van der Waals surface area (Å²) in [4.78, 5) is 16.0. The molecule has 5 heteroatoms. The van der Waals surface area contributed by atoms with E-state index in [1.807, 2.05) is 6.20 Å². The number of nitrogens with zero attached hydrogens (tertiary/aromatic N) is 3. The predicted molar refractivity (Wildman–Crippen MR) is 115 cm³/mol. The van der Waals surface area contributed by atoms with Crippen LogP contribution in [0.4, 0.5) is 5.69 Å². The fraction of sp³-hybridized carbons (Fsp3) is 0.542. The maximum atomic E-state index is 13.5. The molecule has 2 atom stereocenters. The van der Waals surface area contributed by atoms with E-state index in [0.29, 0.717) is 6.42 Å². The lowest BCUT2D eigenvalue weighted by Crippen LogP contribution is -2.51. The lowest BCUT2D eigenvalue weighted by atomic mass is 9.59. The molecular weight excluding hydrogens is 360 g/mol. The summed E-state index contributed by atoms with van der Waals surface area (Å²) in [6.45, 7) is 8.78. The standard InChI is InChI=1S/C24H30N4O/c1-4-24(16-8-7-9-17(12-16)28-10-5-6-11-28)18-15-25-27-22(18)26-19-13-23(2,3)14-20(29)21(19)24/h7-9,12,15,22,26H,4-6,10-11,13-14H2,1-3H3. The second-order valence-electron chi connectivity index (χ2n) is 9.66. The second kappa shape index (κ2) is 6.54. The molecule has 5 rings (SSSR count). The molecule has 0 bridgehead atoms. The van der Waals surface area contributed by atoms with E-state index in [0.717, 1.165) is 42.8 Å². The van der Waals surface area contributed by atoms with Crippen molar-refractivity contribution in [3.63, 3.8) is 0 Å². The zero-order valence-electron chi connectivity index (χ0n) is 17.7. The fourth-order valence-corrected chi connectivity index (χ4v) is 5.83. The summed E-state index contributed by atoms with van der Waals surface area (Å²) < 4.78 is 0. The molecule has 0 spiro atoms. The van der Waals surface area contributed by atoms with E-state index in [4.69, 9.17) is 0 Å². The summed E-state index contributed by atoms with van der Waals surface area (Å²) in [5.74, 6) is 0.267. The first kappa shape index (κ1) is 18.6. The van der Waals surface area contributed by atoms with E-state index in [1.54, 1.807) is 0 Å². The van der Waals surface area contributed by atoms with Crippen LogP contribution in [0.2, 0.25) is 0 Å². The van der Waals surface area contributed by atoms with Gasteiger partial charge in [-0.1, -0.05) is 32.9 Å². The number of hydrogen-bond donors (Lipinski definition) is 1. The number of hydrogen-bond acceptors (Lipinski definition) is 5. The van der Waals surface area contributed by atoms with Crippen LogP contribution in [0.15, 0.2) is 57.5 Å². The van der Waals surface area contributed by atoms with Crippen molar-refractivity contribution in [1.29, 1.82) is 0 Å². The highest BCUT2D eigenvalue weighted by Gasteiger charge is 2.53. The molecular formula is C24H30N4O. The largest absolute Gasteiger partial charge is 0.372 e. The highest BCUT2D eigenvalue weighted by Crippen LogP contribution is 2.54. The Morgan fingerprint density at radius 2 is 2.00 bits per heavy atom. The van der Waals surface area contributed by atoms with Gasteiger partial charge in [0, 0.05) is 42.0 Å². The molecule has 0 amide bonds. The van der Waals surface area contributed by atoms with Gasteiger partial charge in [-0.3, -0.25) is 4.79 Å². The van der Waals surface area contributed by atoms with Gasteiger partial charge in [0.25, 0.3) is 0 Å². The topological polar surface area (TPSA) is 57.1 Å². The van der Waals surface area contributed by atoms with E-state index in [9.17, 15) is 4.79 Å². The highest BCUT2D eigenvalue weighted by atomic mass is 16.1. The van der Waals surface area contributed by atoms with Crippen molar-refractivity contribution < 1.29 is 4.79 Å². The minimum atomic E-state index is -0.446. The number of fused-ring (bicyclic) bond motifs is 1. The lowest BCUT2D eigenvalue weighted by molar-refractivity contribution is -0.119. The molecule has 1 fully saturated rings. The number of Topliss-reactive ketones (excluding diaryl/α,β-unsaturated/α-hetero) is 1. The van der Waals surface area contributed by atoms with Crippen molar-refractivity contribution in [3.8, 4) is 0 Å². The third-order valence-electron chi connectivity index (χ3n) is 7.12. The van der Waals surface area contributed by atoms with Crippen molar-refractivity contribution >= 4 is 11.5 Å². The Labute approximate surface area is 173 Å². The lowest BCUT2D eigenvalue weighted by Gasteiger charge is -2.48. The first-order valence-corrected chi connectivity index (χ1v) is 10.9. The molecule has 152 valence electrons. The van der Waals surface area contributed by atoms with E-state index >= 15 is 0 Å². The van der Waals surface area contributed by atoms with Gasteiger partial charge in [-0.05, 0) is 48.8 Å². The zero-order valence-corrected chi connectivity index (χ0v) is 17.7. The summed E-state index contributed by atoms with van der Waals surface area (Å²) in [6.07, 6.45) is 6.53. The monoisotopic (exact) mass is 390 g/mol. The molecule has 3 heterocycles. The minimum Gasteiger partial charge on any atom is -0.372 e. The maximum absolute atomic E-state index is 13.5. The van der Waals surface area contributed by atoms with Crippen LogP contribution in [0.25, 0.3) is 0 Å². The molecule has 29 heavy (non-hydrogen) atoms. The molecule has 0 radical (unpaired) electrons. The van der Waals surface area contributed by atoms with Crippen molar-refractivity contribution in [3.05, 3.63) is 52.9 Å². The number of carbonyl (C=O) groups is 1. The summed E-state index contributed by atoms with van der Waals surface area (Å²) in [5.41, 5.74) is 5.13. The quantitative estimate of drug-likeness (QED) is 0.802. The van der Waals surface area contributed by atoms with Crippen molar-refractivity contribution in [1.82, 2.24) is 5.32 Å². The predicted octanol–water partition coefficient (Wildman–Crippen LogP) is 4.86. The van der Waals surface area contributed by atoms with Crippen molar-refractivity contribution in [2.24, 2.45) is 15.6 Å². The molecule has 0 aromatic heterocycles. The van der Waals surface area contributed by atoms with Gasteiger partial charge in [0.1, 0.15) is 0 Å². The Morgan fingerprint density at radius 1 is 1.21 bits per heavy atom. The third kappa shape index (κ3) is 2.77. The first-order chi connectivity index (χ1) is 13.9. The number of azo groups is 1. The molecule has 0 saturated carbocycles. The van der Waals surface area contributed by atoms with Crippen LogP contribution < -0.4 is 10.2 Å². The van der Waals surface area contributed by atoms with Gasteiger partial charge in [0.15, 0.2) is 11.9 Å². The number of allylic oxidation sites excluding steroid dienone is 2. The van der Waals surface area contributed by atoms with E-state index in [-0.39, 0.29) is 17.4 Å². The Bertz CT molecular complexity index is 951. The molecule has 1 aromatic carbocycles. The number of carbonyl (C=O) groups excluding carboxylic acids is 1. The van der Waals surface area contributed by atoms with Crippen LogP contribution in [0.3, 0.4) is 0 Å². The molecule has 1 saturated heterocycles. The Balaban J connectivity index is 1.70. The molecule has 4 aliphatic rings. The van der Waals surface area contributed by atoms with Gasteiger partial charge in [-0.15, -0.1) is 0 Å². The molecule has 1 aliphatic carbocycles. The minimum absolute atomic E-state index is 0.0310. The van der Waals surface area contributed by atoms with Crippen LogP contribution in [0.1, 0.15) is 58.4 Å². The van der Waals surface area contributed by atoms with E-state index in [1.165, 1.54) is 24.1 Å². The van der Waals surface area contributed by atoms with Crippen LogP contribution in [0, 0.1) is 5.41 Å². The Kier molecular flexibility index (Phi) is 4.19. The van der Waals surface area contributed by atoms with Gasteiger partial charge in [-0.2, -0.15) is 10.2 Å². The fourth-order valence-electron chi connectivity index (χ4n) is 5.83.